The molecule has 0 amide bonds. The van der Waals surface area contributed by atoms with Gasteiger partial charge in [0.2, 0.25) is 0 Å². The van der Waals surface area contributed by atoms with Gasteiger partial charge in [0.1, 0.15) is 23.9 Å². The van der Waals surface area contributed by atoms with Gasteiger partial charge >= 0.3 is 0 Å². The predicted octanol–water partition coefficient (Wildman–Crippen LogP) is 3.11. The second kappa shape index (κ2) is 4.66. The first kappa shape index (κ1) is 10.5. The van der Waals surface area contributed by atoms with Crippen LogP contribution < -0.4 is 4.74 Å². The van der Waals surface area contributed by atoms with Gasteiger partial charge in [-0.25, -0.2) is 4.39 Å². The molecule has 3 heteroatoms. The van der Waals surface area contributed by atoms with Crippen molar-refractivity contribution in [1.29, 1.82) is 0 Å². The molecule has 2 rings (SSSR count). The first-order chi connectivity index (χ1) is 7.75. The molecule has 0 bridgehead atoms. The van der Waals surface area contributed by atoms with Gasteiger partial charge in [0, 0.05) is 11.6 Å². The summed E-state index contributed by atoms with van der Waals surface area (Å²) in [5.74, 6) is 0.289. The van der Waals surface area contributed by atoms with Gasteiger partial charge in [-0.2, -0.15) is 0 Å². The van der Waals surface area contributed by atoms with Gasteiger partial charge in [0.05, 0.1) is 0 Å². The van der Waals surface area contributed by atoms with Crippen LogP contribution in [0.3, 0.4) is 0 Å². The van der Waals surface area contributed by atoms with Crippen molar-refractivity contribution in [3.8, 4) is 11.5 Å². The van der Waals surface area contributed by atoms with Crippen LogP contribution in [-0.2, 0) is 6.61 Å². The lowest BCUT2D eigenvalue weighted by molar-refractivity contribution is 0.297. The molecule has 0 saturated heterocycles. The topological polar surface area (TPSA) is 29.5 Å². The summed E-state index contributed by atoms with van der Waals surface area (Å²) < 4.78 is 18.2. The molecule has 0 spiro atoms. The molecule has 1 N–H and O–H groups in total. The van der Waals surface area contributed by atoms with Crippen LogP contribution in [-0.4, -0.2) is 5.11 Å². The lowest BCUT2D eigenvalue weighted by Crippen LogP contribution is -1.95. The lowest BCUT2D eigenvalue weighted by Gasteiger charge is -2.07. The number of phenols is 1. The Balaban J connectivity index is 2.05. The smallest absolute Gasteiger partial charge is 0.126 e. The Bertz CT molecular complexity index is 483. The molecule has 82 valence electrons. The molecule has 0 atom stereocenters. The molecule has 0 aliphatic heterocycles. The average molecular weight is 218 g/mol. The van der Waals surface area contributed by atoms with E-state index in [1.807, 2.05) is 6.07 Å². The second-order valence-electron chi connectivity index (χ2n) is 3.37. The minimum absolute atomic E-state index is 0.180. The highest BCUT2D eigenvalue weighted by Gasteiger charge is 2.01. The molecule has 0 saturated carbocycles. The summed E-state index contributed by atoms with van der Waals surface area (Å²) in [5.41, 5.74) is 0.673. The zero-order valence-corrected chi connectivity index (χ0v) is 8.56. The number of ether oxygens (including phenoxy) is 1. The first-order valence-corrected chi connectivity index (χ1v) is 4.91. The molecule has 0 unspecified atom stereocenters. The van der Waals surface area contributed by atoms with Gasteiger partial charge in [0.25, 0.3) is 0 Å². The van der Waals surface area contributed by atoms with E-state index in [1.165, 1.54) is 12.1 Å². The molecule has 0 aliphatic carbocycles. The Labute approximate surface area is 92.9 Å². The van der Waals surface area contributed by atoms with Crippen LogP contribution in [0, 0.1) is 5.82 Å². The predicted molar refractivity (Wildman–Crippen MR) is 58.8 cm³/mol. The van der Waals surface area contributed by atoms with Gasteiger partial charge in [0.15, 0.2) is 0 Å². The first-order valence-electron chi connectivity index (χ1n) is 4.91. The van der Waals surface area contributed by atoms with Gasteiger partial charge in [-0.3, -0.25) is 0 Å². The van der Waals surface area contributed by atoms with E-state index in [-0.39, 0.29) is 18.2 Å². The molecule has 16 heavy (non-hydrogen) atoms. The number of halogens is 1. The van der Waals surface area contributed by atoms with E-state index in [0.29, 0.717) is 11.3 Å². The molecule has 2 aromatic rings. The van der Waals surface area contributed by atoms with E-state index in [1.54, 1.807) is 30.3 Å². The Morgan fingerprint density at radius 3 is 2.62 bits per heavy atom. The van der Waals surface area contributed by atoms with Crippen LogP contribution in [0.4, 0.5) is 4.39 Å². The summed E-state index contributed by atoms with van der Waals surface area (Å²) >= 11 is 0. The summed E-state index contributed by atoms with van der Waals surface area (Å²) in [6, 6.07) is 12.8. The number of hydrogen-bond donors (Lipinski definition) is 1. The third-order valence-electron chi connectivity index (χ3n) is 2.18. The van der Waals surface area contributed by atoms with Crippen molar-refractivity contribution in [3.05, 3.63) is 59.9 Å². The van der Waals surface area contributed by atoms with E-state index in [2.05, 4.69) is 0 Å². The fraction of sp³-hybridized carbons (Fsp3) is 0.0769. The van der Waals surface area contributed by atoms with E-state index < -0.39 is 0 Å². The van der Waals surface area contributed by atoms with Gasteiger partial charge in [-0.1, -0.05) is 24.3 Å². The van der Waals surface area contributed by atoms with Gasteiger partial charge in [-0.15, -0.1) is 0 Å². The molecule has 0 heterocycles. The molecule has 2 aromatic carbocycles. The van der Waals surface area contributed by atoms with E-state index in [0.717, 1.165) is 0 Å². The molecule has 0 radical (unpaired) electrons. The molecule has 0 aliphatic rings. The largest absolute Gasteiger partial charge is 0.508 e. The summed E-state index contributed by atoms with van der Waals surface area (Å²) in [6.45, 7) is 0.218. The zero-order chi connectivity index (χ0) is 11.4. The zero-order valence-electron chi connectivity index (χ0n) is 8.56. The molecule has 2 nitrogen and oxygen atoms in total. The maximum Gasteiger partial charge on any atom is 0.126 e. The minimum atomic E-state index is -0.338. The Hall–Kier alpha value is -2.03. The second-order valence-corrected chi connectivity index (χ2v) is 3.37. The van der Waals surface area contributed by atoms with E-state index in [4.69, 9.17) is 4.74 Å². The fourth-order valence-corrected chi connectivity index (χ4v) is 1.35. The summed E-state index contributed by atoms with van der Waals surface area (Å²) in [7, 11) is 0. The summed E-state index contributed by atoms with van der Waals surface area (Å²) in [5, 5.41) is 9.49. The standard InChI is InChI=1S/C13H11FO2/c14-11-5-3-6-12(8-11)16-9-10-4-1-2-7-13(10)15/h1-8,15H,9H2. The van der Waals surface area contributed by atoms with Crippen molar-refractivity contribution >= 4 is 0 Å². The van der Waals surface area contributed by atoms with Crippen LogP contribution in [0.1, 0.15) is 5.56 Å². The highest BCUT2D eigenvalue weighted by Crippen LogP contribution is 2.19. The van der Waals surface area contributed by atoms with E-state index >= 15 is 0 Å². The summed E-state index contributed by atoms with van der Waals surface area (Å²) in [4.78, 5) is 0. The maximum atomic E-state index is 12.8. The Morgan fingerprint density at radius 1 is 1.06 bits per heavy atom. The van der Waals surface area contributed by atoms with Gasteiger partial charge in [-0.05, 0) is 18.2 Å². The molecule has 0 aromatic heterocycles. The number of benzene rings is 2. The van der Waals surface area contributed by atoms with Crippen LogP contribution in [0.25, 0.3) is 0 Å². The maximum absolute atomic E-state index is 12.8. The van der Waals surface area contributed by atoms with Crippen LogP contribution in [0.5, 0.6) is 11.5 Å². The van der Waals surface area contributed by atoms with Gasteiger partial charge < -0.3 is 9.84 Å². The lowest BCUT2D eigenvalue weighted by atomic mass is 10.2. The fourth-order valence-electron chi connectivity index (χ4n) is 1.35. The minimum Gasteiger partial charge on any atom is -0.508 e. The summed E-state index contributed by atoms with van der Waals surface area (Å²) in [6.07, 6.45) is 0. The van der Waals surface area contributed by atoms with E-state index in [9.17, 15) is 9.50 Å². The third kappa shape index (κ3) is 2.51. The van der Waals surface area contributed by atoms with Crippen molar-refractivity contribution in [3.63, 3.8) is 0 Å². The quantitative estimate of drug-likeness (QED) is 0.857. The van der Waals surface area contributed by atoms with Crippen molar-refractivity contribution in [1.82, 2.24) is 0 Å². The van der Waals surface area contributed by atoms with Crippen molar-refractivity contribution in [2.45, 2.75) is 6.61 Å². The van der Waals surface area contributed by atoms with Crippen molar-refractivity contribution < 1.29 is 14.2 Å². The van der Waals surface area contributed by atoms with Crippen LogP contribution in [0.15, 0.2) is 48.5 Å². The van der Waals surface area contributed by atoms with Crippen molar-refractivity contribution in [2.24, 2.45) is 0 Å². The number of rotatable bonds is 3. The number of hydrogen-bond acceptors (Lipinski definition) is 2. The third-order valence-corrected chi connectivity index (χ3v) is 2.18. The van der Waals surface area contributed by atoms with Crippen LogP contribution >= 0.6 is 0 Å². The number of para-hydroxylation sites is 1. The highest BCUT2D eigenvalue weighted by molar-refractivity contribution is 5.32. The molecular weight excluding hydrogens is 207 g/mol. The normalized spacial score (nSPS) is 10.1. The average Bonchev–Trinajstić information content (AvgIpc) is 2.28. The Morgan fingerprint density at radius 2 is 1.88 bits per heavy atom. The van der Waals surface area contributed by atoms with Crippen molar-refractivity contribution in [2.75, 3.05) is 0 Å². The number of aromatic hydroxyl groups is 1. The molecule has 0 fully saturated rings. The monoisotopic (exact) mass is 218 g/mol. The Kier molecular flexibility index (Phi) is 3.05. The van der Waals surface area contributed by atoms with Crippen LogP contribution in [0.2, 0.25) is 0 Å². The SMILES string of the molecule is Oc1ccccc1COc1cccc(F)c1. The number of phenolic OH excluding ortho intramolecular Hbond substituents is 1. The highest BCUT2D eigenvalue weighted by atomic mass is 19.1. The molecular formula is C13H11FO2.